The summed E-state index contributed by atoms with van der Waals surface area (Å²) in [4.78, 5) is 11.9. The number of carbonyl (C=O) groups is 1. The van der Waals surface area contributed by atoms with Crippen molar-refractivity contribution in [1.82, 2.24) is 20.0 Å². The zero-order chi connectivity index (χ0) is 15.7. The second-order valence-electron chi connectivity index (χ2n) is 4.36. The zero-order valence-corrected chi connectivity index (χ0v) is 13.4. The van der Waals surface area contributed by atoms with E-state index in [0.29, 0.717) is 16.9 Å². The van der Waals surface area contributed by atoms with Gasteiger partial charge in [-0.25, -0.2) is 9.48 Å². The van der Waals surface area contributed by atoms with Gasteiger partial charge in [-0.3, -0.25) is 0 Å². The minimum atomic E-state index is -0.547. The number of hydrogen-bond acceptors (Lipinski definition) is 6. The van der Waals surface area contributed by atoms with E-state index in [1.54, 1.807) is 10.7 Å². The number of esters is 1. The van der Waals surface area contributed by atoms with Crippen molar-refractivity contribution >= 4 is 32.9 Å². The van der Waals surface area contributed by atoms with Crippen LogP contribution < -0.4 is 4.74 Å². The lowest BCUT2D eigenvalue weighted by Gasteiger charge is -2.03. The molecule has 0 aliphatic heterocycles. The van der Waals surface area contributed by atoms with Crippen LogP contribution in [-0.4, -0.2) is 40.2 Å². The molecule has 0 spiro atoms. The maximum atomic E-state index is 11.9. The lowest BCUT2D eigenvalue weighted by atomic mass is 10.3. The number of aromatic nitrogens is 4. The van der Waals surface area contributed by atoms with Gasteiger partial charge in [0.2, 0.25) is 5.88 Å². The Bertz CT molecular complexity index is 862. The van der Waals surface area contributed by atoms with E-state index in [-0.39, 0.29) is 5.69 Å². The zero-order valence-electron chi connectivity index (χ0n) is 11.8. The molecule has 0 saturated heterocycles. The van der Waals surface area contributed by atoms with Gasteiger partial charge in [-0.15, -0.1) is 10.2 Å². The van der Waals surface area contributed by atoms with Gasteiger partial charge in [0.25, 0.3) is 0 Å². The summed E-state index contributed by atoms with van der Waals surface area (Å²) in [5, 5.41) is 12.9. The molecule has 8 heteroatoms. The van der Waals surface area contributed by atoms with E-state index in [1.807, 2.05) is 24.3 Å². The molecule has 0 N–H and O–H groups in total. The minimum Gasteiger partial charge on any atom is -0.480 e. The second kappa shape index (κ2) is 5.72. The highest BCUT2D eigenvalue weighted by molar-refractivity contribution is 9.10. The van der Waals surface area contributed by atoms with Crippen molar-refractivity contribution in [3.05, 3.63) is 40.5 Å². The molecule has 0 radical (unpaired) electrons. The van der Waals surface area contributed by atoms with Crippen LogP contribution in [0.4, 0.5) is 0 Å². The van der Waals surface area contributed by atoms with E-state index in [0.717, 1.165) is 10.2 Å². The normalized spacial score (nSPS) is 10.7. The summed E-state index contributed by atoms with van der Waals surface area (Å²) in [6.07, 6.45) is 0. The van der Waals surface area contributed by atoms with Gasteiger partial charge in [-0.1, -0.05) is 22.0 Å². The molecule has 0 aliphatic rings. The fourth-order valence-electron chi connectivity index (χ4n) is 2.03. The number of fused-ring (bicyclic) bond motifs is 1. The molecule has 7 nitrogen and oxygen atoms in total. The maximum absolute atomic E-state index is 11.9. The van der Waals surface area contributed by atoms with Crippen LogP contribution in [0.1, 0.15) is 10.5 Å². The number of halogens is 1. The SMILES string of the molecule is COC(=O)c1nn(-c2cccc(Br)c2)c2nnc(OC)cc12. The Labute approximate surface area is 134 Å². The third-order valence-electron chi connectivity index (χ3n) is 3.05. The Hall–Kier alpha value is -2.48. The summed E-state index contributed by atoms with van der Waals surface area (Å²) >= 11 is 3.41. The number of ether oxygens (including phenoxy) is 2. The summed E-state index contributed by atoms with van der Waals surface area (Å²) in [6, 6.07) is 9.08. The van der Waals surface area contributed by atoms with Crippen LogP contribution in [0.2, 0.25) is 0 Å². The van der Waals surface area contributed by atoms with Crippen LogP contribution in [0.5, 0.6) is 5.88 Å². The molecule has 0 atom stereocenters. The molecule has 0 bridgehead atoms. The average Bonchev–Trinajstić information content (AvgIpc) is 2.92. The molecular formula is C14H11BrN4O3. The summed E-state index contributed by atoms with van der Waals surface area (Å²) in [6.45, 7) is 0. The van der Waals surface area contributed by atoms with Crippen LogP contribution in [0.3, 0.4) is 0 Å². The Balaban J connectivity index is 2.29. The van der Waals surface area contributed by atoms with Gasteiger partial charge in [0.05, 0.1) is 25.3 Å². The van der Waals surface area contributed by atoms with Crippen molar-refractivity contribution in [3.8, 4) is 11.6 Å². The van der Waals surface area contributed by atoms with Crippen LogP contribution in [0.15, 0.2) is 34.8 Å². The molecule has 0 saturated carbocycles. The van der Waals surface area contributed by atoms with E-state index >= 15 is 0 Å². The monoisotopic (exact) mass is 362 g/mol. The van der Waals surface area contributed by atoms with Gasteiger partial charge in [0.15, 0.2) is 11.3 Å². The average molecular weight is 363 g/mol. The van der Waals surface area contributed by atoms with Crippen LogP contribution in [0.25, 0.3) is 16.7 Å². The van der Waals surface area contributed by atoms with Crippen molar-refractivity contribution in [2.75, 3.05) is 14.2 Å². The fourth-order valence-corrected chi connectivity index (χ4v) is 2.42. The van der Waals surface area contributed by atoms with Gasteiger partial charge >= 0.3 is 5.97 Å². The lowest BCUT2D eigenvalue weighted by molar-refractivity contribution is 0.0595. The topological polar surface area (TPSA) is 79.1 Å². The third kappa shape index (κ3) is 2.41. The smallest absolute Gasteiger partial charge is 0.359 e. The molecule has 3 rings (SSSR count). The fraction of sp³-hybridized carbons (Fsp3) is 0.143. The lowest BCUT2D eigenvalue weighted by Crippen LogP contribution is -2.04. The summed E-state index contributed by atoms with van der Waals surface area (Å²) < 4.78 is 12.3. The number of carbonyl (C=O) groups excluding carboxylic acids is 1. The van der Waals surface area contributed by atoms with E-state index < -0.39 is 5.97 Å². The van der Waals surface area contributed by atoms with Crippen molar-refractivity contribution < 1.29 is 14.3 Å². The minimum absolute atomic E-state index is 0.158. The predicted octanol–water partition coefficient (Wildman–Crippen LogP) is 2.37. The summed E-state index contributed by atoms with van der Waals surface area (Å²) in [5.74, 6) is -0.250. The largest absolute Gasteiger partial charge is 0.480 e. The van der Waals surface area contributed by atoms with Crippen LogP contribution in [0, 0.1) is 0 Å². The van der Waals surface area contributed by atoms with Gasteiger partial charge in [-0.2, -0.15) is 5.10 Å². The molecule has 0 fully saturated rings. The highest BCUT2D eigenvalue weighted by Gasteiger charge is 2.21. The number of nitrogens with zero attached hydrogens (tertiary/aromatic N) is 4. The molecule has 2 aromatic heterocycles. The molecule has 22 heavy (non-hydrogen) atoms. The van der Waals surface area contributed by atoms with E-state index in [9.17, 15) is 4.79 Å². The number of benzene rings is 1. The molecule has 112 valence electrons. The van der Waals surface area contributed by atoms with Crippen molar-refractivity contribution in [3.63, 3.8) is 0 Å². The Morgan fingerprint density at radius 1 is 1.23 bits per heavy atom. The van der Waals surface area contributed by atoms with Gasteiger partial charge in [0.1, 0.15) is 0 Å². The van der Waals surface area contributed by atoms with Gasteiger partial charge in [0, 0.05) is 10.5 Å². The van der Waals surface area contributed by atoms with Crippen molar-refractivity contribution in [1.29, 1.82) is 0 Å². The highest BCUT2D eigenvalue weighted by Crippen LogP contribution is 2.24. The molecule has 1 aromatic carbocycles. The van der Waals surface area contributed by atoms with Crippen molar-refractivity contribution in [2.45, 2.75) is 0 Å². The predicted molar refractivity (Wildman–Crippen MR) is 82.3 cm³/mol. The van der Waals surface area contributed by atoms with Gasteiger partial charge < -0.3 is 9.47 Å². The first-order valence-electron chi connectivity index (χ1n) is 6.28. The van der Waals surface area contributed by atoms with E-state index in [2.05, 4.69) is 31.2 Å². The highest BCUT2D eigenvalue weighted by atomic mass is 79.9. The number of hydrogen-bond donors (Lipinski definition) is 0. The second-order valence-corrected chi connectivity index (χ2v) is 5.27. The molecule has 0 amide bonds. The standard InChI is InChI=1S/C14H11BrN4O3/c1-21-11-7-10-12(14(20)22-2)18-19(13(10)17-16-11)9-5-3-4-8(15)6-9/h3-7H,1-2H3. The van der Waals surface area contributed by atoms with Crippen LogP contribution >= 0.6 is 15.9 Å². The Morgan fingerprint density at radius 2 is 2.05 bits per heavy atom. The summed E-state index contributed by atoms with van der Waals surface area (Å²) in [7, 11) is 2.78. The quantitative estimate of drug-likeness (QED) is 0.665. The van der Waals surface area contributed by atoms with Gasteiger partial charge in [-0.05, 0) is 18.2 Å². The number of rotatable bonds is 3. The summed E-state index contributed by atoms with van der Waals surface area (Å²) in [5.41, 5.74) is 1.35. The van der Waals surface area contributed by atoms with Crippen molar-refractivity contribution in [2.24, 2.45) is 0 Å². The molecule has 0 aliphatic carbocycles. The first-order chi connectivity index (χ1) is 10.6. The first-order valence-corrected chi connectivity index (χ1v) is 7.08. The van der Waals surface area contributed by atoms with E-state index in [1.165, 1.54) is 14.2 Å². The molecule has 2 heterocycles. The maximum Gasteiger partial charge on any atom is 0.359 e. The van der Waals surface area contributed by atoms with Crippen LogP contribution in [-0.2, 0) is 4.74 Å². The number of methoxy groups -OCH3 is 2. The Kier molecular flexibility index (Phi) is 3.76. The molecular weight excluding hydrogens is 352 g/mol. The first kappa shape index (κ1) is 14.5. The van der Waals surface area contributed by atoms with E-state index in [4.69, 9.17) is 9.47 Å². The molecule has 0 unspecified atom stereocenters. The third-order valence-corrected chi connectivity index (χ3v) is 3.54. The Morgan fingerprint density at radius 3 is 2.73 bits per heavy atom. The molecule has 3 aromatic rings.